The van der Waals surface area contributed by atoms with Crippen molar-refractivity contribution in [2.75, 3.05) is 7.11 Å². The smallest absolute Gasteiger partial charge is 0.169 e. The molecule has 2 aliphatic carbocycles. The summed E-state index contributed by atoms with van der Waals surface area (Å²) in [6, 6.07) is 14.3. The molecule has 0 radical (unpaired) electrons. The number of fused-ring (bicyclic) bond motifs is 2. The van der Waals surface area contributed by atoms with Crippen LogP contribution in [0.1, 0.15) is 33.5 Å². The molecule has 0 aromatic heterocycles. The first-order chi connectivity index (χ1) is 10.2. The molecule has 2 heteroatoms. The number of hydrogen-bond donors (Lipinski definition) is 0. The number of methoxy groups -OCH3 is 1. The van der Waals surface area contributed by atoms with E-state index < -0.39 is 0 Å². The van der Waals surface area contributed by atoms with Crippen molar-refractivity contribution in [1.82, 2.24) is 0 Å². The molecule has 0 fully saturated rings. The molecule has 2 aliphatic rings. The third-order valence-electron chi connectivity index (χ3n) is 5.09. The standard InChI is InChI=1S/C19H18O2/c1-21-16-6-7-17-13(10-16)8-9-19(18(17)20)11-14-4-2-3-5-15(14)12-19/h2-7,10H,8-9,11-12H2,1H3. The largest absolute Gasteiger partial charge is 0.497 e. The summed E-state index contributed by atoms with van der Waals surface area (Å²) in [6.07, 6.45) is 3.70. The fourth-order valence-electron chi connectivity index (χ4n) is 3.93. The van der Waals surface area contributed by atoms with Crippen molar-refractivity contribution in [2.45, 2.75) is 25.7 Å². The predicted molar refractivity (Wildman–Crippen MR) is 81.9 cm³/mol. The van der Waals surface area contributed by atoms with Gasteiger partial charge in [0.1, 0.15) is 5.75 Å². The Balaban J connectivity index is 1.74. The molecule has 0 saturated heterocycles. The molecule has 106 valence electrons. The van der Waals surface area contributed by atoms with Gasteiger partial charge in [0.25, 0.3) is 0 Å². The Bertz CT molecular complexity index is 705. The Hall–Kier alpha value is -2.09. The number of carbonyl (C=O) groups is 1. The van der Waals surface area contributed by atoms with Gasteiger partial charge in [-0.25, -0.2) is 0 Å². The van der Waals surface area contributed by atoms with Gasteiger partial charge in [0.05, 0.1) is 7.11 Å². The lowest BCUT2D eigenvalue weighted by molar-refractivity contribution is 0.0771. The van der Waals surface area contributed by atoms with Crippen molar-refractivity contribution >= 4 is 5.78 Å². The molecule has 2 aromatic carbocycles. The fourth-order valence-corrected chi connectivity index (χ4v) is 3.93. The molecule has 0 saturated carbocycles. The first kappa shape index (κ1) is 12.6. The van der Waals surface area contributed by atoms with Gasteiger partial charge in [0.15, 0.2) is 5.78 Å². The zero-order chi connectivity index (χ0) is 14.4. The predicted octanol–water partition coefficient (Wildman–Crippen LogP) is 3.61. The summed E-state index contributed by atoms with van der Waals surface area (Å²) >= 11 is 0. The lowest BCUT2D eigenvalue weighted by Crippen LogP contribution is -2.36. The number of rotatable bonds is 1. The maximum atomic E-state index is 13.1. The highest BCUT2D eigenvalue weighted by atomic mass is 16.5. The van der Waals surface area contributed by atoms with Gasteiger partial charge in [-0.05, 0) is 60.6 Å². The van der Waals surface area contributed by atoms with E-state index in [1.54, 1.807) is 7.11 Å². The summed E-state index contributed by atoms with van der Waals surface area (Å²) in [7, 11) is 1.67. The van der Waals surface area contributed by atoms with Gasteiger partial charge >= 0.3 is 0 Å². The van der Waals surface area contributed by atoms with E-state index in [9.17, 15) is 4.79 Å². The highest BCUT2D eigenvalue weighted by Crippen LogP contribution is 2.46. The molecular formula is C19H18O2. The van der Waals surface area contributed by atoms with Crippen molar-refractivity contribution in [3.63, 3.8) is 0 Å². The van der Waals surface area contributed by atoms with Crippen LogP contribution >= 0.6 is 0 Å². The Labute approximate surface area is 124 Å². The van der Waals surface area contributed by atoms with E-state index in [2.05, 4.69) is 24.3 Å². The van der Waals surface area contributed by atoms with Crippen LogP contribution in [0.4, 0.5) is 0 Å². The second-order valence-electron chi connectivity index (χ2n) is 6.25. The van der Waals surface area contributed by atoms with Crippen LogP contribution in [0.5, 0.6) is 5.75 Å². The Morgan fingerprint density at radius 3 is 2.38 bits per heavy atom. The average molecular weight is 278 g/mol. The first-order valence-corrected chi connectivity index (χ1v) is 7.50. The maximum Gasteiger partial charge on any atom is 0.169 e. The molecule has 0 N–H and O–H groups in total. The Morgan fingerprint density at radius 1 is 1.00 bits per heavy atom. The summed E-state index contributed by atoms with van der Waals surface area (Å²) in [5, 5.41) is 0. The lowest BCUT2D eigenvalue weighted by Gasteiger charge is -2.33. The van der Waals surface area contributed by atoms with Gasteiger partial charge in [-0.1, -0.05) is 24.3 Å². The van der Waals surface area contributed by atoms with Crippen LogP contribution in [-0.4, -0.2) is 12.9 Å². The monoisotopic (exact) mass is 278 g/mol. The second kappa shape index (κ2) is 4.45. The van der Waals surface area contributed by atoms with Crippen molar-refractivity contribution in [2.24, 2.45) is 5.41 Å². The summed E-state index contributed by atoms with van der Waals surface area (Å²) in [5.74, 6) is 1.16. The molecule has 0 atom stereocenters. The van der Waals surface area contributed by atoms with Gasteiger partial charge in [0.2, 0.25) is 0 Å². The second-order valence-corrected chi connectivity index (χ2v) is 6.25. The van der Waals surface area contributed by atoms with Crippen molar-refractivity contribution in [1.29, 1.82) is 0 Å². The van der Waals surface area contributed by atoms with Crippen LogP contribution in [-0.2, 0) is 19.3 Å². The van der Waals surface area contributed by atoms with E-state index in [1.807, 2.05) is 18.2 Å². The van der Waals surface area contributed by atoms with Gasteiger partial charge < -0.3 is 4.74 Å². The average Bonchev–Trinajstić information content (AvgIpc) is 2.90. The summed E-state index contributed by atoms with van der Waals surface area (Å²) in [6.45, 7) is 0. The summed E-state index contributed by atoms with van der Waals surface area (Å²) in [5.41, 5.74) is 4.53. The van der Waals surface area contributed by atoms with E-state index in [4.69, 9.17) is 4.74 Å². The molecule has 0 amide bonds. The summed E-state index contributed by atoms with van der Waals surface area (Å²) in [4.78, 5) is 13.1. The molecule has 1 spiro atoms. The molecular weight excluding hydrogens is 260 g/mol. The quantitative estimate of drug-likeness (QED) is 0.796. The minimum absolute atomic E-state index is 0.203. The van der Waals surface area contributed by atoms with E-state index >= 15 is 0 Å². The van der Waals surface area contributed by atoms with Crippen LogP contribution in [0.2, 0.25) is 0 Å². The van der Waals surface area contributed by atoms with Crippen LogP contribution in [0.15, 0.2) is 42.5 Å². The lowest BCUT2D eigenvalue weighted by atomic mass is 9.68. The number of aryl methyl sites for hydroxylation is 1. The normalized spacial score (nSPS) is 18.4. The number of ether oxygens (including phenoxy) is 1. The van der Waals surface area contributed by atoms with Crippen molar-refractivity contribution in [3.8, 4) is 5.75 Å². The van der Waals surface area contributed by atoms with Gasteiger partial charge in [-0.15, -0.1) is 0 Å². The molecule has 2 aromatic rings. The highest BCUT2D eigenvalue weighted by Gasteiger charge is 2.46. The van der Waals surface area contributed by atoms with E-state index in [-0.39, 0.29) is 5.41 Å². The number of carbonyl (C=O) groups excluding carboxylic acids is 1. The summed E-state index contributed by atoms with van der Waals surface area (Å²) < 4.78 is 5.27. The van der Waals surface area contributed by atoms with Crippen molar-refractivity contribution < 1.29 is 9.53 Å². The number of ketones is 1. The number of benzene rings is 2. The third kappa shape index (κ3) is 1.82. The van der Waals surface area contributed by atoms with E-state index in [1.165, 1.54) is 11.1 Å². The molecule has 0 heterocycles. The molecule has 21 heavy (non-hydrogen) atoms. The first-order valence-electron chi connectivity index (χ1n) is 7.50. The molecule has 4 rings (SSSR count). The Kier molecular flexibility index (Phi) is 2.68. The number of hydrogen-bond acceptors (Lipinski definition) is 2. The topological polar surface area (TPSA) is 26.3 Å². The third-order valence-corrected chi connectivity index (χ3v) is 5.09. The van der Waals surface area contributed by atoms with Crippen LogP contribution in [0.25, 0.3) is 0 Å². The van der Waals surface area contributed by atoms with Crippen LogP contribution in [0, 0.1) is 5.41 Å². The van der Waals surface area contributed by atoms with Crippen LogP contribution in [0.3, 0.4) is 0 Å². The minimum atomic E-state index is -0.203. The van der Waals surface area contributed by atoms with E-state index in [0.29, 0.717) is 5.78 Å². The molecule has 0 unspecified atom stereocenters. The zero-order valence-electron chi connectivity index (χ0n) is 12.2. The molecule has 0 aliphatic heterocycles. The number of Topliss-reactive ketones (excluding diaryl/α,β-unsaturated/α-hetero) is 1. The van der Waals surface area contributed by atoms with Crippen molar-refractivity contribution in [3.05, 3.63) is 64.7 Å². The molecule has 2 nitrogen and oxygen atoms in total. The van der Waals surface area contributed by atoms with Gasteiger partial charge in [0, 0.05) is 11.0 Å². The zero-order valence-corrected chi connectivity index (χ0v) is 12.2. The highest BCUT2D eigenvalue weighted by molar-refractivity contribution is 6.03. The van der Waals surface area contributed by atoms with E-state index in [0.717, 1.165) is 42.6 Å². The van der Waals surface area contributed by atoms with Gasteiger partial charge in [-0.3, -0.25) is 4.79 Å². The molecule has 0 bridgehead atoms. The fraction of sp³-hybridized carbons (Fsp3) is 0.316. The Morgan fingerprint density at radius 2 is 1.71 bits per heavy atom. The minimum Gasteiger partial charge on any atom is -0.497 e. The van der Waals surface area contributed by atoms with Gasteiger partial charge in [-0.2, -0.15) is 0 Å². The SMILES string of the molecule is COc1ccc2c(c1)CCC1(Cc3ccccc3C1)C2=O. The van der Waals surface area contributed by atoms with Crippen LogP contribution < -0.4 is 4.74 Å². The maximum absolute atomic E-state index is 13.1.